The lowest BCUT2D eigenvalue weighted by Crippen LogP contribution is -2.67. The molecule has 6 nitrogen and oxygen atoms in total. The quantitative estimate of drug-likeness (QED) is 0.224. The standard InChI is InChI=1S/C8H21N5O/c1-6-8(10-2,12(4)5)7(14)13(9)11-3/h10-11H,6,9H2,1-5H3. The predicted octanol–water partition coefficient (Wildman–Crippen LogP) is -1.29. The van der Waals surface area contributed by atoms with Gasteiger partial charge in [-0.2, -0.15) is 0 Å². The van der Waals surface area contributed by atoms with Gasteiger partial charge in [-0.25, -0.2) is 16.4 Å². The first-order chi connectivity index (χ1) is 6.46. The maximum atomic E-state index is 11.9. The summed E-state index contributed by atoms with van der Waals surface area (Å²) in [5.41, 5.74) is 1.84. The topological polar surface area (TPSA) is 73.6 Å². The highest BCUT2D eigenvalue weighted by Gasteiger charge is 2.39. The van der Waals surface area contributed by atoms with E-state index in [4.69, 9.17) is 5.84 Å². The third-order valence-electron chi connectivity index (χ3n) is 2.50. The van der Waals surface area contributed by atoms with Gasteiger partial charge < -0.3 is 0 Å². The summed E-state index contributed by atoms with van der Waals surface area (Å²) < 4.78 is 0. The molecule has 1 amide bonds. The Bertz CT molecular complexity index is 190. The van der Waals surface area contributed by atoms with Crippen LogP contribution in [-0.4, -0.2) is 49.8 Å². The average Bonchev–Trinajstić information content (AvgIpc) is 2.18. The highest BCUT2D eigenvalue weighted by molar-refractivity contribution is 5.84. The molecule has 0 bridgehead atoms. The van der Waals surface area contributed by atoms with E-state index < -0.39 is 5.66 Å². The van der Waals surface area contributed by atoms with Crippen LogP contribution in [0.1, 0.15) is 13.3 Å². The summed E-state index contributed by atoms with van der Waals surface area (Å²) >= 11 is 0. The van der Waals surface area contributed by atoms with E-state index in [0.29, 0.717) is 6.42 Å². The predicted molar refractivity (Wildman–Crippen MR) is 55.9 cm³/mol. The number of hydrogen-bond donors (Lipinski definition) is 3. The fraction of sp³-hybridized carbons (Fsp3) is 0.875. The van der Waals surface area contributed by atoms with Gasteiger partial charge in [0.2, 0.25) is 0 Å². The second kappa shape index (κ2) is 5.26. The highest BCUT2D eigenvalue weighted by atomic mass is 16.2. The van der Waals surface area contributed by atoms with Crippen molar-refractivity contribution in [3.63, 3.8) is 0 Å². The Labute approximate surface area is 85.4 Å². The maximum Gasteiger partial charge on any atom is 0.286 e. The summed E-state index contributed by atoms with van der Waals surface area (Å²) in [6, 6.07) is 0. The minimum absolute atomic E-state index is 0.213. The van der Waals surface area contributed by atoms with E-state index in [2.05, 4.69) is 10.7 Å². The highest BCUT2D eigenvalue weighted by Crippen LogP contribution is 2.14. The fourth-order valence-corrected chi connectivity index (χ4v) is 1.47. The molecule has 0 aliphatic carbocycles. The zero-order valence-electron chi connectivity index (χ0n) is 9.59. The normalized spacial score (nSPS) is 15.4. The van der Waals surface area contributed by atoms with Gasteiger partial charge >= 0.3 is 0 Å². The largest absolute Gasteiger partial charge is 0.294 e. The summed E-state index contributed by atoms with van der Waals surface area (Å²) in [4.78, 5) is 13.7. The number of likely N-dealkylation sites (N-methyl/N-ethyl adjacent to an activating group) is 2. The molecule has 1 unspecified atom stereocenters. The van der Waals surface area contributed by atoms with Crippen LogP contribution in [0.5, 0.6) is 0 Å². The molecule has 0 spiro atoms. The molecule has 0 aromatic carbocycles. The van der Waals surface area contributed by atoms with Crippen LogP contribution in [0.4, 0.5) is 0 Å². The zero-order valence-corrected chi connectivity index (χ0v) is 9.59. The van der Waals surface area contributed by atoms with Crippen LogP contribution >= 0.6 is 0 Å². The van der Waals surface area contributed by atoms with Crippen molar-refractivity contribution in [1.82, 2.24) is 20.8 Å². The Kier molecular flexibility index (Phi) is 5.00. The molecule has 6 heteroatoms. The number of carbonyl (C=O) groups is 1. The minimum atomic E-state index is -0.752. The summed E-state index contributed by atoms with van der Waals surface area (Å²) in [7, 11) is 7.01. The van der Waals surface area contributed by atoms with Gasteiger partial charge in [0, 0.05) is 7.05 Å². The lowest BCUT2D eigenvalue weighted by atomic mass is 10.1. The van der Waals surface area contributed by atoms with Crippen molar-refractivity contribution in [2.45, 2.75) is 19.0 Å². The van der Waals surface area contributed by atoms with E-state index in [1.807, 2.05) is 25.9 Å². The molecule has 0 aliphatic heterocycles. The number of hydrogen-bond acceptors (Lipinski definition) is 5. The van der Waals surface area contributed by atoms with E-state index >= 15 is 0 Å². The number of rotatable bonds is 5. The van der Waals surface area contributed by atoms with Gasteiger partial charge in [-0.05, 0) is 27.6 Å². The lowest BCUT2D eigenvalue weighted by molar-refractivity contribution is -0.148. The van der Waals surface area contributed by atoms with Crippen molar-refractivity contribution in [3.8, 4) is 0 Å². The van der Waals surface area contributed by atoms with Gasteiger partial charge in [0.25, 0.3) is 5.91 Å². The van der Waals surface area contributed by atoms with Gasteiger partial charge in [-0.15, -0.1) is 0 Å². The molecule has 84 valence electrons. The SMILES string of the molecule is CCC(NC)(C(=O)N(N)NC)N(C)C. The molecule has 4 N–H and O–H groups in total. The van der Waals surface area contributed by atoms with Crippen LogP contribution in [0.25, 0.3) is 0 Å². The van der Waals surface area contributed by atoms with Crippen molar-refractivity contribution >= 4 is 5.91 Å². The Hall–Kier alpha value is -0.690. The Balaban J connectivity index is 4.89. The zero-order chi connectivity index (χ0) is 11.4. The number of amides is 1. The van der Waals surface area contributed by atoms with Gasteiger partial charge in [0.15, 0.2) is 5.66 Å². The van der Waals surface area contributed by atoms with E-state index in [9.17, 15) is 4.79 Å². The first kappa shape index (κ1) is 13.3. The molecule has 0 radical (unpaired) electrons. The molecule has 0 saturated heterocycles. The second-order valence-corrected chi connectivity index (χ2v) is 3.26. The molecule has 0 aliphatic rings. The molecule has 14 heavy (non-hydrogen) atoms. The first-order valence-electron chi connectivity index (χ1n) is 4.59. The Morgan fingerprint density at radius 2 is 1.93 bits per heavy atom. The molecular formula is C8H21N5O. The van der Waals surface area contributed by atoms with E-state index in [1.54, 1.807) is 14.1 Å². The molecule has 0 rings (SSSR count). The van der Waals surface area contributed by atoms with Gasteiger partial charge in [-0.3, -0.25) is 15.0 Å². The number of nitrogens with one attached hydrogen (secondary N) is 2. The van der Waals surface area contributed by atoms with Crippen LogP contribution in [0, 0.1) is 0 Å². The summed E-state index contributed by atoms with van der Waals surface area (Å²) in [5, 5.41) is 3.98. The average molecular weight is 203 g/mol. The van der Waals surface area contributed by atoms with E-state index in [-0.39, 0.29) is 5.91 Å². The summed E-state index contributed by atoms with van der Waals surface area (Å²) in [6.07, 6.45) is 0.630. The lowest BCUT2D eigenvalue weighted by Gasteiger charge is -2.39. The fourth-order valence-electron chi connectivity index (χ4n) is 1.47. The van der Waals surface area contributed by atoms with Crippen LogP contribution in [0.2, 0.25) is 0 Å². The monoisotopic (exact) mass is 203 g/mol. The minimum Gasteiger partial charge on any atom is -0.294 e. The van der Waals surface area contributed by atoms with Crippen molar-refractivity contribution in [1.29, 1.82) is 0 Å². The third-order valence-corrected chi connectivity index (χ3v) is 2.50. The number of carbonyl (C=O) groups excluding carboxylic acids is 1. The Morgan fingerprint density at radius 1 is 1.43 bits per heavy atom. The second-order valence-electron chi connectivity index (χ2n) is 3.26. The molecule has 1 atom stereocenters. The Morgan fingerprint density at radius 3 is 2.14 bits per heavy atom. The summed E-state index contributed by atoms with van der Waals surface area (Å²) in [6.45, 7) is 1.93. The van der Waals surface area contributed by atoms with Crippen molar-refractivity contribution in [2.24, 2.45) is 5.84 Å². The third kappa shape index (κ3) is 2.21. The number of hydrazine groups is 2. The van der Waals surface area contributed by atoms with Crippen molar-refractivity contribution in [3.05, 3.63) is 0 Å². The van der Waals surface area contributed by atoms with Crippen LogP contribution in [-0.2, 0) is 4.79 Å². The molecule has 0 fully saturated rings. The van der Waals surface area contributed by atoms with Crippen molar-refractivity contribution in [2.75, 3.05) is 28.2 Å². The van der Waals surface area contributed by atoms with Gasteiger partial charge in [0.05, 0.1) is 0 Å². The number of nitrogens with zero attached hydrogens (tertiary/aromatic N) is 2. The van der Waals surface area contributed by atoms with E-state index in [1.165, 1.54) is 0 Å². The van der Waals surface area contributed by atoms with Crippen LogP contribution in [0.3, 0.4) is 0 Å². The van der Waals surface area contributed by atoms with E-state index in [0.717, 1.165) is 5.12 Å². The van der Waals surface area contributed by atoms with Crippen LogP contribution < -0.4 is 16.6 Å². The first-order valence-corrected chi connectivity index (χ1v) is 4.59. The molecule has 0 saturated carbocycles. The number of nitrogens with two attached hydrogens (primary N) is 1. The van der Waals surface area contributed by atoms with Crippen LogP contribution in [0.15, 0.2) is 0 Å². The van der Waals surface area contributed by atoms with Gasteiger partial charge in [-0.1, -0.05) is 6.92 Å². The van der Waals surface area contributed by atoms with Gasteiger partial charge in [0.1, 0.15) is 0 Å². The molecule has 0 aromatic rings. The molecule has 0 heterocycles. The van der Waals surface area contributed by atoms with Crippen molar-refractivity contribution < 1.29 is 4.79 Å². The molecule has 0 aromatic heterocycles. The molecular weight excluding hydrogens is 182 g/mol. The maximum absolute atomic E-state index is 11.9. The summed E-state index contributed by atoms with van der Waals surface area (Å²) in [5.74, 6) is 5.28. The smallest absolute Gasteiger partial charge is 0.286 e.